The van der Waals surface area contributed by atoms with Crippen molar-refractivity contribution < 1.29 is 27.1 Å². The fraction of sp³-hybridized carbons (Fsp3) is 0.391. The van der Waals surface area contributed by atoms with Gasteiger partial charge in [0.05, 0.1) is 19.9 Å². The largest absolute Gasteiger partial charge is 0.497 e. The van der Waals surface area contributed by atoms with E-state index in [9.17, 15) is 22.4 Å². The van der Waals surface area contributed by atoms with Gasteiger partial charge in [0.25, 0.3) is 0 Å². The maximum absolute atomic E-state index is 13.3. The smallest absolute Gasteiger partial charge is 0.242 e. The van der Waals surface area contributed by atoms with Crippen molar-refractivity contribution in [2.45, 2.75) is 25.9 Å². The number of carbonyl (C=O) groups excluding carboxylic acids is 2. The Morgan fingerprint density at radius 3 is 2.18 bits per heavy atom. The monoisotopic (exact) mass is 479 g/mol. The summed E-state index contributed by atoms with van der Waals surface area (Å²) in [6.07, 6.45) is 1.59. The zero-order valence-corrected chi connectivity index (χ0v) is 20.1. The van der Waals surface area contributed by atoms with Crippen LogP contribution in [0.3, 0.4) is 0 Å². The summed E-state index contributed by atoms with van der Waals surface area (Å²) >= 11 is 0. The summed E-state index contributed by atoms with van der Waals surface area (Å²) in [5.41, 5.74) is 1.63. The van der Waals surface area contributed by atoms with Gasteiger partial charge in [0.15, 0.2) is 0 Å². The lowest BCUT2D eigenvalue weighted by Gasteiger charge is -2.30. The molecule has 0 aliphatic rings. The van der Waals surface area contributed by atoms with Crippen LogP contribution in [-0.2, 0) is 32.6 Å². The molecule has 0 saturated carbocycles. The number of halogens is 1. The number of rotatable bonds is 11. The number of hydrogen-bond donors (Lipinski definition) is 1. The molecular weight excluding hydrogens is 449 g/mol. The Kier molecular flexibility index (Phi) is 9.36. The van der Waals surface area contributed by atoms with Gasteiger partial charge in [0.1, 0.15) is 17.6 Å². The summed E-state index contributed by atoms with van der Waals surface area (Å²) in [6.45, 7) is 1.55. The van der Waals surface area contributed by atoms with E-state index in [4.69, 9.17) is 4.74 Å². The molecule has 2 aromatic rings. The third-order valence-electron chi connectivity index (χ3n) is 5.23. The van der Waals surface area contributed by atoms with Crippen LogP contribution in [0.15, 0.2) is 48.5 Å². The van der Waals surface area contributed by atoms with Crippen molar-refractivity contribution in [3.63, 3.8) is 0 Å². The number of hydrogen-bond acceptors (Lipinski definition) is 5. The van der Waals surface area contributed by atoms with Gasteiger partial charge in [-0.15, -0.1) is 0 Å². The van der Waals surface area contributed by atoms with Gasteiger partial charge in [-0.2, -0.15) is 4.31 Å². The Balaban J connectivity index is 2.07. The lowest BCUT2D eigenvalue weighted by molar-refractivity contribution is -0.140. The molecule has 2 rings (SSSR count). The minimum Gasteiger partial charge on any atom is -0.497 e. The molecule has 0 bridgehead atoms. The maximum Gasteiger partial charge on any atom is 0.242 e. The highest BCUT2D eigenvalue weighted by Crippen LogP contribution is 2.13. The summed E-state index contributed by atoms with van der Waals surface area (Å²) in [7, 11) is -0.698. The predicted octanol–water partition coefficient (Wildman–Crippen LogP) is 1.80. The molecule has 2 aromatic carbocycles. The number of ether oxygens (including phenoxy) is 1. The predicted molar refractivity (Wildman–Crippen MR) is 124 cm³/mol. The van der Waals surface area contributed by atoms with Crippen molar-refractivity contribution in [3.05, 3.63) is 65.5 Å². The molecule has 0 saturated heterocycles. The molecule has 0 radical (unpaired) electrons. The van der Waals surface area contributed by atoms with E-state index in [1.165, 1.54) is 36.2 Å². The van der Waals surface area contributed by atoms with Crippen molar-refractivity contribution in [1.29, 1.82) is 0 Å². The van der Waals surface area contributed by atoms with E-state index in [2.05, 4.69) is 5.32 Å². The highest BCUT2D eigenvalue weighted by Gasteiger charge is 2.28. The summed E-state index contributed by atoms with van der Waals surface area (Å²) in [6, 6.07) is 12.2. The van der Waals surface area contributed by atoms with E-state index >= 15 is 0 Å². The van der Waals surface area contributed by atoms with Crippen LogP contribution in [-0.4, -0.2) is 69.0 Å². The van der Waals surface area contributed by atoms with Crippen LogP contribution >= 0.6 is 0 Å². The molecule has 0 unspecified atom stereocenters. The van der Waals surface area contributed by atoms with Crippen LogP contribution in [0.1, 0.15) is 18.1 Å². The molecule has 180 valence electrons. The fourth-order valence-electron chi connectivity index (χ4n) is 3.04. The second-order valence-corrected chi connectivity index (χ2v) is 9.82. The van der Waals surface area contributed by atoms with Gasteiger partial charge in [-0.1, -0.05) is 24.3 Å². The van der Waals surface area contributed by atoms with E-state index in [1.807, 2.05) is 24.3 Å². The second-order valence-electron chi connectivity index (χ2n) is 7.73. The van der Waals surface area contributed by atoms with Gasteiger partial charge >= 0.3 is 0 Å². The quantitative estimate of drug-likeness (QED) is 0.530. The molecule has 1 N–H and O–H groups in total. The third kappa shape index (κ3) is 8.14. The van der Waals surface area contributed by atoms with Crippen molar-refractivity contribution >= 4 is 21.8 Å². The van der Waals surface area contributed by atoms with Crippen LogP contribution in [0.5, 0.6) is 5.75 Å². The van der Waals surface area contributed by atoms with E-state index in [-0.39, 0.29) is 12.5 Å². The van der Waals surface area contributed by atoms with Crippen LogP contribution in [0, 0.1) is 5.82 Å². The summed E-state index contributed by atoms with van der Waals surface area (Å²) < 4.78 is 42.8. The number of amides is 2. The molecule has 0 spiro atoms. The standard InChI is InChI=1S/C23H30FN3O5S/c1-17(23(29)25-14-13-18-7-11-21(32-3)12-8-18)27(15-19-5-9-20(24)10-6-19)22(28)16-26(2)33(4,30)31/h5-12,17H,13-16H2,1-4H3,(H,25,29)/t17-/m1/s1. The van der Waals surface area contributed by atoms with Crippen LogP contribution < -0.4 is 10.1 Å². The van der Waals surface area contributed by atoms with Crippen molar-refractivity contribution in [1.82, 2.24) is 14.5 Å². The lowest BCUT2D eigenvalue weighted by atomic mass is 10.1. The van der Waals surface area contributed by atoms with Gasteiger partial charge < -0.3 is 15.0 Å². The van der Waals surface area contributed by atoms with Gasteiger partial charge in [0, 0.05) is 20.1 Å². The Hall–Kier alpha value is -2.98. The molecule has 2 amide bonds. The Morgan fingerprint density at radius 1 is 1.06 bits per heavy atom. The number of likely N-dealkylation sites (N-methyl/N-ethyl adjacent to an activating group) is 1. The molecule has 0 aromatic heterocycles. The number of carbonyl (C=O) groups is 2. The van der Waals surface area contributed by atoms with Crippen molar-refractivity contribution in [2.75, 3.05) is 33.5 Å². The first-order chi connectivity index (χ1) is 15.5. The minimum absolute atomic E-state index is 0.0315. The Bertz CT molecular complexity index is 1040. The molecule has 0 fully saturated rings. The fourth-order valence-corrected chi connectivity index (χ4v) is 3.38. The number of nitrogens with zero attached hydrogens (tertiary/aromatic N) is 2. The van der Waals surface area contributed by atoms with Crippen LogP contribution in [0.2, 0.25) is 0 Å². The maximum atomic E-state index is 13.3. The highest BCUT2D eigenvalue weighted by molar-refractivity contribution is 7.88. The summed E-state index contributed by atoms with van der Waals surface area (Å²) in [5.74, 6) is -0.589. The normalized spacial score (nSPS) is 12.3. The number of nitrogens with one attached hydrogen (secondary N) is 1. The SMILES string of the molecule is COc1ccc(CCNC(=O)[C@@H](C)N(Cc2ccc(F)cc2)C(=O)CN(C)S(C)(=O)=O)cc1. The molecule has 0 heterocycles. The third-order valence-corrected chi connectivity index (χ3v) is 6.49. The second kappa shape index (κ2) is 11.8. The van der Waals surface area contributed by atoms with E-state index in [0.717, 1.165) is 21.9 Å². The molecule has 33 heavy (non-hydrogen) atoms. The van der Waals surface area contributed by atoms with Crippen LogP contribution in [0.4, 0.5) is 4.39 Å². The lowest BCUT2D eigenvalue weighted by Crippen LogP contribution is -2.50. The molecule has 10 heteroatoms. The van der Waals surface area contributed by atoms with E-state index in [1.54, 1.807) is 14.0 Å². The molecule has 0 aliphatic heterocycles. The first-order valence-electron chi connectivity index (χ1n) is 10.4. The molecule has 0 aliphatic carbocycles. The topological polar surface area (TPSA) is 96.0 Å². The van der Waals surface area contributed by atoms with Crippen molar-refractivity contribution in [2.24, 2.45) is 0 Å². The molecular formula is C23H30FN3O5S. The van der Waals surface area contributed by atoms with Crippen LogP contribution in [0.25, 0.3) is 0 Å². The molecule has 1 atom stereocenters. The number of benzene rings is 2. The van der Waals surface area contributed by atoms with Gasteiger partial charge in [-0.25, -0.2) is 12.8 Å². The van der Waals surface area contributed by atoms with E-state index in [0.29, 0.717) is 18.5 Å². The van der Waals surface area contributed by atoms with Gasteiger partial charge in [-0.3, -0.25) is 9.59 Å². The first kappa shape index (κ1) is 26.3. The first-order valence-corrected chi connectivity index (χ1v) is 12.2. The van der Waals surface area contributed by atoms with E-state index < -0.39 is 34.3 Å². The number of sulfonamides is 1. The average Bonchev–Trinajstić information content (AvgIpc) is 2.77. The van der Waals surface area contributed by atoms with Crippen molar-refractivity contribution in [3.8, 4) is 5.75 Å². The summed E-state index contributed by atoms with van der Waals surface area (Å²) in [4.78, 5) is 27.0. The zero-order chi connectivity index (χ0) is 24.6. The Morgan fingerprint density at radius 2 is 1.64 bits per heavy atom. The zero-order valence-electron chi connectivity index (χ0n) is 19.2. The number of methoxy groups -OCH3 is 1. The highest BCUT2D eigenvalue weighted by atomic mass is 32.2. The summed E-state index contributed by atoms with van der Waals surface area (Å²) in [5, 5.41) is 2.82. The molecule has 8 nitrogen and oxygen atoms in total. The van der Waals surface area contributed by atoms with Gasteiger partial charge in [-0.05, 0) is 48.7 Å². The van der Waals surface area contributed by atoms with Gasteiger partial charge in [0.2, 0.25) is 21.8 Å². The Labute approximate surface area is 194 Å². The average molecular weight is 480 g/mol. The minimum atomic E-state index is -3.58.